The Morgan fingerprint density at radius 3 is 2.69 bits per heavy atom. The SMILES string of the molecule is OCc1ccc(F)cc1NCC[C@H](O)CO. The van der Waals surface area contributed by atoms with E-state index in [2.05, 4.69) is 5.32 Å². The molecule has 0 radical (unpaired) electrons. The number of rotatable bonds is 6. The van der Waals surface area contributed by atoms with E-state index in [1.165, 1.54) is 18.2 Å². The van der Waals surface area contributed by atoms with Crippen LogP contribution in [0.2, 0.25) is 0 Å². The molecular formula is C11H16FNO3. The first kappa shape index (κ1) is 12.9. The summed E-state index contributed by atoms with van der Waals surface area (Å²) in [7, 11) is 0. The quantitative estimate of drug-likeness (QED) is 0.572. The minimum absolute atomic E-state index is 0.175. The fourth-order valence-corrected chi connectivity index (χ4v) is 1.32. The van der Waals surface area contributed by atoms with Gasteiger partial charge in [0, 0.05) is 17.8 Å². The van der Waals surface area contributed by atoms with Gasteiger partial charge >= 0.3 is 0 Å². The van der Waals surface area contributed by atoms with E-state index in [9.17, 15) is 4.39 Å². The highest BCUT2D eigenvalue weighted by atomic mass is 19.1. The van der Waals surface area contributed by atoms with Gasteiger partial charge in [-0.15, -0.1) is 0 Å². The lowest BCUT2D eigenvalue weighted by Crippen LogP contribution is -2.17. The molecule has 0 unspecified atom stereocenters. The predicted molar refractivity (Wildman–Crippen MR) is 58.5 cm³/mol. The number of benzene rings is 1. The van der Waals surface area contributed by atoms with Crippen molar-refractivity contribution < 1.29 is 19.7 Å². The fraction of sp³-hybridized carbons (Fsp3) is 0.455. The van der Waals surface area contributed by atoms with Gasteiger partial charge in [0.25, 0.3) is 0 Å². The van der Waals surface area contributed by atoms with Crippen molar-refractivity contribution in [3.63, 3.8) is 0 Å². The average Bonchev–Trinajstić information content (AvgIpc) is 2.29. The number of anilines is 1. The highest BCUT2D eigenvalue weighted by Crippen LogP contribution is 2.17. The lowest BCUT2D eigenvalue weighted by atomic mass is 10.1. The topological polar surface area (TPSA) is 72.7 Å². The summed E-state index contributed by atoms with van der Waals surface area (Å²) in [4.78, 5) is 0. The van der Waals surface area contributed by atoms with Gasteiger partial charge in [0.15, 0.2) is 0 Å². The van der Waals surface area contributed by atoms with Crippen LogP contribution in [0.25, 0.3) is 0 Å². The zero-order chi connectivity index (χ0) is 12.0. The van der Waals surface area contributed by atoms with E-state index in [4.69, 9.17) is 15.3 Å². The van der Waals surface area contributed by atoms with E-state index >= 15 is 0 Å². The highest BCUT2D eigenvalue weighted by Gasteiger charge is 2.05. The van der Waals surface area contributed by atoms with Gasteiger partial charge in [0.05, 0.1) is 19.3 Å². The first-order valence-electron chi connectivity index (χ1n) is 5.09. The molecule has 16 heavy (non-hydrogen) atoms. The van der Waals surface area contributed by atoms with Crippen molar-refractivity contribution in [3.05, 3.63) is 29.6 Å². The van der Waals surface area contributed by atoms with Gasteiger partial charge in [-0.2, -0.15) is 0 Å². The first-order valence-corrected chi connectivity index (χ1v) is 5.09. The molecule has 0 spiro atoms. The van der Waals surface area contributed by atoms with E-state index in [1.807, 2.05) is 0 Å². The molecule has 0 heterocycles. The van der Waals surface area contributed by atoms with E-state index < -0.39 is 6.10 Å². The maximum atomic E-state index is 12.9. The Morgan fingerprint density at radius 1 is 1.31 bits per heavy atom. The molecule has 0 aliphatic rings. The Labute approximate surface area is 93.4 Å². The van der Waals surface area contributed by atoms with E-state index in [-0.39, 0.29) is 19.0 Å². The maximum absolute atomic E-state index is 12.9. The first-order chi connectivity index (χ1) is 7.67. The second-order valence-corrected chi connectivity index (χ2v) is 3.51. The molecular weight excluding hydrogens is 213 g/mol. The molecule has 0 aromatic heterocycles. The minimum atomic E-state index is -0.779. The number of halogens is 1. The molecule has 1 aromatic rings. The summed E-state index contributed by atoms with van der Waals surface area (Å²) < 4.78 is 12.9. The van der Waals surface area contributed by atoms with Crippen LogP contribution in [0, 0.1) is 5.82 Å². The zero-order valence-electron chi connectivity index (χ0n) is 8.86. The van der Waals surface area contributed by atoms with Gasteiger partial charge in [-0.05, 0) is 18.6 Å². The van der Waals surface area contributed by atoms with Gasteiger partial charge in [-0.3, -0.25) is 0 Å². The Bertz CT molecular complexity index is 333. The number of nitrogens with one attached hydrogen (secondary N) is 1. The second kappa shape index (κ2) is 6.42. The predicted octanol–water partition coefficient (Wildman–Crippen LogP) is 0.473. The molecule has 0 fully saturated rings. The van der Waals surface area contributed by atoms with Gasteiger partial charge in [0.2, 0.25) is 0 Å². The van der Waals surface area contributed by atoms with Crippen LogP contribution >= 0.6 is 0 Å². The maximum Gasteiger partial charge on any atom is 0.125 e. The van der Waals surface area contributed by atoms with Crippen molar-refractivity contribution in [2.45, 2.75) is 19.1 Å². The number of hydrogen-bond donors (Lipinski definition) is 4. The van der Waals surface area contributed by atoms with Crippen molar-refractivity contribution in [1.82, 2.24) is 0 Å². The van der Waals surface area contributed by atoms with Crippen molar-refractivity contribution >= 4 is 5.69 Å². The van der Waals surface area contributed by atoms with Crippen molar-refractivity contribution in [2.24, 2.45) is 0 Å². The zero-order valence-corrected chi connectivity index (χ0v) is 8.86. The Kier molecular flexibility index (Phi) is 5.18. The van der Waals surface area contributed by atoms with Crippen LogP contribution in [0.15, 0.2) is 18.2 Å². The summed E-state index contributed by atoms with van der Waals surface area (Å²) in [5.74, 6) is -0.387. The van der Waals surface area contributed by atoms with Crippen LogP contribution in [0.3, 0.4) is 0 Å². The fourth-order valence-electron chi connectivity index (χ4n) is 1.32. The van der Waals surface area contributed by atoms with Crippen LogP contribution in [0.5, 0.6) is 0 Å². The van der Waals surface area contributed by atoms with E-state index in [0.29, 0.717) is 24.2 Å². The molecule has 0 saturated heterocycles. The summed E-state index contributed by atoms with van der Waals surface area (Å²) in [6.45, 7) is -0.0684. The summed E-state index contributed by atoms with van der Waals surface area (Å²) >= 11 is 0. The Balaban J connectivity index is 2.55. The minimum Gasteiger partial charge on any atom is -0.394 e. The smallest absolute Gasteiger partial charge is 0.125 e. The van der Waals surface area contributed by atoms with E-state index in [0.717, 1.165) is 0 Å². The Hall–Kier alpha value is -1.17. The third-order valence-corrected chi connectivity index (χ3v) is 2.25. The van der Waals surface area contributed by atoms with Gasteiger partial charge in [0.1, 0.15) is 5.82 Å². The summed E-state index contributed by atoms with van der Waals surface area (Å²) in [5, 5.41) is 29.6. The van der Waals surface area contributed by atoms with Crippen LogP contribution in [0.4, 0.5) is 10.1 Å². The van der Waals surface area contributed by atoms with Crippen LogP contribution in [-0.2, 0) is 6.61 Å². The molecule has 1 aromatic carbocycles. The third-order valence-electron chi connectivity index (χ3n) is 2.25. The lowest BCUT2D eigenvalue weighted by molar-refractivity contribution is 0.0911. The van der Waals surface area contributed by atoms with Crippen LogP contribution in [-0.4, -0.2) is 34.6 Å². The molecule has 0 aliphatic carbocycles. The van der Waals surface area contributed by atoms with Crippen molar-refractivity contribution in [2.75, 3.05) is 18.5 Å². The largest absolute Gasteiger partial charge is 0.394 e. The highest BCUT2D eigenvalue weighted by molar-refractivity contribution is 5.51. The summed E-state index contributed by atoms with van der Waals surface area (Å²) in [6, 6.07) is 4.07. The standard InChI is InChI=1S/C11H16FNO3/c12-9-2-1-8(6-14)11(5-9)13-4-3-10(16)7-15/h1-2,5,10,13-16H,3-4,6-7H2/t10-/m0/s1. The molecule has 0 bridgehead atoms. The molecule has 4 N–H and O–H groups in total. The van der Waals surface area contributed by atoms with Gasteiger partial charge in [-0.25, -0.2) is 4.39 Å². The molecule has 90 valence electrons. The number of aliphatic hydroxyl groups is 3. The van der Waals surface area contributed by atoms with Crippen molar-refractivity contribution in [1.29, 1.82) is 0 Å². The van der Waals surface area contributed by atoms with Crippen molar-refractivity contribution in [3.8, 4) is 0 Å². The van der Waals surface area contributed by atoms with Crippen LogP contribution < -0.4 is 5.32 Å². The normalized spacial score (nSPS) is 12.5. The molecule has 0 aliphatic heterocycles. The molecule has 1 atom stereocenters. The van der Waals surface area contributed by atoms with Gasteiger partial charge in [-0.1, -0.05) is 6.07 Å². The second-order valence-electron chi connectivity index (χ2n) is 3.51. The third kappa shape index (κ3) is 3.77. The summed E-state index contributed by atoms with van der Waals surface area (Å²) in [5.41, 5.74) is 1.10. The Morgan fingerprint density at radius 2 is 2.06 bits per heavy atom. The molecule has 0 saturated carbocycles. The van der Waals surface area contributed by atoms with Crippen LogP contribution in [0.1, 0.15) is 12.0 Å². The molecule has 0 amide bonds. The van der Waals surface area contributed by atoms with E-state index in [1.54, 1.807) is 0 Å². The molecule has 1 rings (SSSR count). The number of hydrogen-bond acceptors (Lipinski definition) is 4. The number of aliphatic hydroxyl groups excluding tert-OH is 3. The lowest BCUT2D eigenvalue weighted by Gasteiger charge is -2.12. The van der Waals surface area contributed by atoms with Gasteiger partial charge < -0.3 is 20.6 Å². The molecule has 4 nitrogen and oxygen atoms in total. The summed E-state index contributed by atoms with van der Waals surface area (Å²) in [6.07, 6.45) is -0.420. The average molecular weight is 229 g/mol. The molecule has 5 heteroatoms. The monoisotopic (exact) mass is 229 g/mol.